The largest absolute Gasteiger partial charge is 0.493 e. The van der Waals surface area contributed by atoms with Crippen molar-refractivity contribution in [2.45, 2.75) is 0 Å². The zero-order valence-electron chi connectivity index (χ0n) is 16.3. The van der Waals surface area contributed by atoms with Gasteiger partial charge in [-0.1, -0.05) is 12.1 Å². The number of fused-ring (bicyclic) bond motifs is 2. The van der Waals surface area contributed by atoms with E-state index in [0.29, 0.717) is 45.6 Å². The Kier molecular flexibility index (Phi) is 5.13. The van der Waals surface area contributed by atoms with Crippen molar-refractivity contribution in [3.63, 3.8) is 0 Å². The van der Waals surface area contributed by atoms with Gasteiger partial charge in [0.25, 0.3) is 5.91 Å². The van der Waals surface area contributed by atoms with E-state index in [1.165, 1.54) is 14.2 Å². The molecule has 30 heavy (non-hydrogen) atoms. The Bertz CT molecular complexity index is 1130. The summed E-state index contributed by atoms with van der Waals surface area (Å²) >= 11 is 0. The van der Waals surface area contributed by atoms with Crippen LogP contribution in [0.1, 0.15) is 10.4 Å². The van der Waals surface area contributed by atoms with Crippen LogP contribution in [0.2, 0.25) is 0 Å². The number of anilines is 3. The van der Waals surface area contributed by atoms with Crippen molar-refractivity contribution in [1.82, 2.24) is 0 Å². The third-order valence-electron chi connectivity index (χ3n) is 4.48. The van der Waals surface area contributed by atoms with E-state index in [0.717, 1.165) is 0 Å². The predicted molar refractivity (Wildman–Crippen MR) is 113 cm³/mol. The number of para-hydroxylation sites is 2. The Morgan fingerprint density at radius 2 is 1.57 bits per heavy atom. The summed E-state index contributed by atoms with van der Waals surface area (Å²) in [5.74, 6) is 1.69. The van der Waals surface area contributed by atoms with Gasteiger partial charge in [-0.3, -0.25) is 4.79 Å². The van der Waals surface area contributed by atoms with Gasteiger partial charge >= 0.3 is 6.03 Å². The SMILES string of the molecule is COc1ccc(NC(=O)Nc2ccc3c(c2)C(=O)Nc2ccccc2O3)cc1OC. The second-order valence-corrected chi connectivity index (χ2v) is 6.41. The summed E-state index contributed by atoms with van der Waals surface area (Å²) in [5.41, 5.74) is 1.86. The van der Waals surface area contributed by atoms with Crippen LogP contribution in [0.15, 0.2) is 60.7 Å². The maximum Gasteiger partial charge on any atom is 0.323 e. The van der Waals surface area contributed by atoms with Crippen molar-refractivity contribution in [2.24, 2.45) is 0 Å². The molecule has 0 aliphatic carbocycles. The van der Waals surface area contributed by atoms with Gasteiger partial charge < -0.3 is 30.2 Å². The molecule has 0 saturated carbocycles. The van der Waals surface area contributed by atoms with Gasteiger partial charge in [0.2, 0.25) is 0 Å². The number of ether oxygens (including phenoxy) is 3. The van der Waals surface area contributed by atoms with Crippen molar-refractivity contribution in [3.05, 3.63) is 66.2 Å². The number of carbonyl (C=O) groups excluding carboxylic acids is 2. The Hall–Kier alpha value is -4.20. The number of amides is 3. The van der Waals surface area contributed by atoms with E-state index in [9.17, 15) is 9.59 Å². The highest BCUT2D eigenvalue weighted by Gasteiger charge is 2.21. The molecule has 1 aliphatic heterocycles. The quantitative estimate of drug-likeness (QED) is 0.584. The Morgan fingerprint density at radius 3 is 2.33 bits per heavy atom. The number of rotatable bonds is 4. The summed E-state index contributed by atoms with van der Waals surface area (Å²) in [6.45, 7) is 0. The number of hydrogen-bond donors (Lipinski definition) is 3. The van der Waals surface area contributed by atoms with Crippen LogP contribution in [0.25, 0.3) is 0 Å². The highest BCUT2D eigenvalue weighted by molar-refractivity contribution is 6.09. The third kappa shape index (κ3) is 3.83. The number of methoxy groups -OCH3 is 2. The van der Waals surface area contributed by atoms with Gasteiger partial charge in [-0.25, -0.2) is 4.79 Å². The molecule has 1 heterocycles. The molecule has 3 aromatic carbocycles. The van der Waals surface area contributed by atoms with E-state index in [4.69, 9.17) is 14.2 Å². The summed E-state index contributed by atoms with van der Waals surface area (Å²) in [6.07, 6.45) is 0. The van der Waals surface area contributed by atoms with Crippen molar-refractivity contribution in [2.75, 3.05) is 30.2 Å². The number of hydrogen-bond acceptors (Lipinski definition) is 5. The Balaban J connectivity index is 1.50. The topological polar surface area (TPSA) is 97.9 Å². The standard InChI is InChI=1S/C22H19N3O5/c1-28-19-10-8-14(12-20(19)29-2)24-22(27)23-13-7-9-17-15(11-13)21(26)25-16-5-3-4-6-18(16)30-17/h3-12H,1-2H3,(H,25,26)(H2,23,24,27). The van der Waals surface area contributed by atoms with Gasteiger partial charge in [0.05, 0.1) is 25.5 Å². The number of benzene rings is 3. The highest BCUT2D eigenvalue weighted by Crippen LogP contribution is 2.36. The van der Waals surface area contributed by atoms with Gasteiger partial charge in [0, 0.05) is 17.4 Å². The normalized spacial score (nSPS) is 11.7. The first-order chi connectivity index (χ1) is 14.6. The first kappa shape index (κ1) is 19.1. The molecule has 4 rings (SSSR count). The molecule has 8 heteroatoms. The molecule has 152 valence electrons. The third-order valence-corrected chi connectivity index (χ3v) is 4.48. The molecule has 1 aliphatic rings. The molecule has 0 atom stereocenters. The lowest BCUT2D eigenvalue weighted by atomic mass is 10.1. The molecule has 0 fully saturated rings. The summed E-state index contributed by atoms with van der Waals surface area (Å²) in [7, 11) is 3.05. The molecule has 3 amide bonds. The fourth-order valence-electron chi connectivity index (χ4n) is 3.05. The smallest absolute Gasteiger partial charge is 0.323 e. The molecular weight excluding hydrogens is 386 g/mol. The molecular formula is C22H19N3O5. The van der Waals surface area contributed by atoms with E-state index in [-0.39, 0.29) is 5.91 Å². The van der Waals surface area contributed by atoms with Crippen LogP contribution in [0.3, 0.4) is 0 Å². The van der Waals surface area contributed by atoms with E-state index in [1.54, 1.807) is 48.5 Å². The second-order valence-electron chi connectivity index (χ2n) is 6.41. The number of nitrogens with one attached hydrogen (secondary N) is 3. The summed E-state index contributed by atoms with van der Waals surface area (Å²) in [5, 5.41) is 8.23. The lowest BCUT2D eigenvalue weighted by molar-refractivity contribution is 0.102. The second kappa shape index (κ2) is 8.04. The molecule has 0 saturated heterocycles. The lowest BCUT2D eigenvalue weighted by Crippen LogP contribution is -2.20. The van der Waals surface area contributed by atoms with Crippen LogP contribution < -0.4 is 30.2 Å². The maximum absolute atomic E-state index is 12.6. The zero-order valence-corrected chi connectivity index (χ0v) is 16.3. The van der Waals surface area contributed by atoms with Crippen LogP contribution in [0.5, 0.6) is 23.0 Å². The highest BCUT2D eigenvalue weighted by atomic mass is 16.5. The Labute approximate surface area is 172 Å². The van der Waals surface area contributed by atoms with Gasteiger partial charge in [-0.15, -0.1) is 0 Å². The van der Waals surface area contributed by atoms with Crippen LogP contribution in [0.4, 0.5) is 21.9 Å². The minimum atomic E-state index is -0.472. The monoisotopic (exact) mass is 405 g/mol. The van der Waals surface area contributed by atoms with Gasteiger partial charge in [0.15, 0.2) is 17.2 Å². The zero-order chi connectivity index (χ0) is 21.1. The van der Waals surface area contributed by atoms with E-state index in [1.807, 2.05) is 12.1 Å². The van der Waals surface area contributed by atoms with Crippen LogP contribution >= 0.6 is 0 Å². The molecule has 8 nitrogen and oxygen atoms in total. The number of carbonyl (C=O) groups is 2. The fraction of sp³-hybridized carbons (Fsp3) is 0.0909. The number of urea groups is 1. The first-order valence-corrected chi connectivity index (χ1v) is 9.09. The van der Waals surface area contributed by atoms with E-state index < -0.39 is 6.03 Å². The van der Waals surface area contributed by atoms with Gasteiger partial charge in [-0.05, 0) is 42.5 Å². The predicted octanol–water partition coefficient (Wildman–Crippen LogP) is 4.71. The van der Waals surface area contributed by atoms with Crippen LogP contribution in [-0.2, 0) is 0 Å². The van der Waals surface area contributed by atoms with Crippen molar-refractivity contribution in [3.8, 4) is 23.0 Å². The molecule has 0 unspecified atom stereocenters. The van der Waals surface area contributed by atoms with E-state index >= 15 is 0 Å². The maximum atomic E-state index is 12.6. The van der Waals surface area contributed by atoms with Crippen molar-refractivity contribution >= 4 is 29.0 Å². The van der Waals surface area contributed by atoms with Crippen LogP contribution in [0, 0.1) is 0 Å². The molecule has 0 radical (unpaired) electrons. The fourth-order valence-corrected chi connectivity index (χ4v) is 3.05. The van der Waals surface area contributed by atoms with Gasteiger partial charge in [-0.2, -0.15) is 0 Å². The van der Waals surface area contributed by atoms with Crippen molar-refractivity contribution in [1.29, 1.82) is 0 Å². The molecule has 0 bridgehead atoms. The summed E-state index contributed by atoms with van der Waals surface area (Å²) < 4.78 is 16.3. The van der Waals surface area contributed by atoms with Crippen LogP contribution in [-0.4, -0.2) is 26.2 Å². The molecule has 0 aromatic heterocycles. The van der Waals surface area contributed by atoms with Gasteiger partial charge in [0.1, 0.15) is 5.75 Å². The Morgan fingerprint density at radius 1 is 0.867 bits per heavy atom. The molecule has 0 spiro atoms. The average Bonchev–Trinajstić information content (AvgIpc) is 2.89. The van der Waals surface area contributed by atoms with Crippen molar-refractivity contribution < 1.29 is 23.8 Å². The lowest BCUT2D eigenvalue weighted by Gasteiger charge is -2.12. The summed E-state index contributed by atoms with van der Waals surface area (Å²) in [6, 6.07) is 16.6. The first-order valence-electron chi connectivity index (χ1n) is 9.09. The minimum absolute atomic E-state index is 0.315. The minimum Gasteiger partial charge on any atom is -0.493 e. The van der Waals surface area contributed by atoms with E-state index in [2.05, 4.69) is 16.0 Å². The molecule has 3 N–H and O–H groups in total. The summed E-state index contributed by atoms with van der Waals surface area (Å²) in [4.78, 5) is 25.0. The average molecular weight is 405 g/mol. The molecule has 3 aromatic rings.